The topological polar surface area (TPSA) is 29.9 Å². The van der Waals surface area contributed by atoms with Crippen LogP contribution in [0.2, 0.25) is 0 Å². The molecule has 1 atom stereocenters. The van der Waals surface area contributed by atoms with Crippen molar-refractivity contribution < 1.29 is 0 Å². The van der Waals surface area contributed by atoms with Gasteiger partial charge in [0.2, 0.25) is 0 Å². The van der Waals surface area contributed by atoms with E-state index in [2.05, 4.69) is 41.9 Å². The van der Waals surface area contributed by atoms with Crippen LogP contribution in [0, 0.1) is 6.92 Å². The molecule has 86 valence electrons. The first-order valence-electron chi connectivity index (χ1n) is 5.99. The van der Waals surface area contributed by atoms with Crippen molar-refractivity contribution in [2.75, 3.05) is 6.54 Å². The molecule has 0 fully saturated rings. The van der Waals surface area contributed by atoms with Crippen molar-refractivity contribution in [1.29, 1.82) is 0 Å². The number of rotatable bonds is 7. The van der Waals surface area contributed by atoms with Crippen LogP contribution in [0.25, 0.3) is 0 Å². The van der Waals surface area contributed by atoms with Crippen LogP contribution >= 0.6 is 0 Å². The molecule has 3 heteroatoms. The van der Waals surface area contributed by atoms with Crippen molar-refractivity contribution >= 4 is 0 Å². The van der Waals surface area contributed by atoms with Crippen molar-refractivity contribution in [3.8, 4) is 0 Å². The summed E-state index contributed by atoms with van der Waals surface area (Å²) >= 11 is 0. The Morgan fingerprint density at radius 3 is 2.80 bits per heavy atom. The fourth-order valence-electron chi connectivity index (χ4n) is 1.86. The maximum absolute atomic E-state index is 4.28. The monoisotopic (exact) mass is 209 g/mol. The van der Waals surface area contributed by atoms with E-state index >= 15 is 0 Å². The predicted molar refractivity (Wildman–Crippen MR) is 64.0 cm³/mol. The molecular formula is C12H23N3. The van der Waals surface area contributed by atoms with Crippen molar-refractivity contribution in [3.63, 3.8) is 0 Å². The third kappa shape index (κ3) is 4.04. The van der Waals surface area contributed by atoms with Gasteiger partial charge in [-0.1, -0.05) is 13.8 Å². The van der Waals surface area contributed by atoms with Crippen LogP contribution in [0.1, 0.15) is 38.8 Å². The third-order valence-corrected chi connectivity index (χ3v) is 2.84. The summed E-state index contributed by atoms with van der Waals surface area (Å²) in [7, 11) is 0. The molecule has 0 spiro atoms. The summed E-state index contributed by atoms with van der Waals surface area (Å²) in [6, 6.07) is 2.73. The fraction of sp³-hybridized carbons (Fsp3) is 0.750. The highest BCUT2D eigenvalue weighted by atomic mass is 15.3. The molecule has 0 aliphatic heterocycles. The summed E-state index contributed by atoms with van der Waals surface area (Å²) in [4.78, 5) is 0. The number of hydrogen-bond donors (Lipinski definition) is 1. The number of aromatic nitrogens is 2. The van der Waals surface area contributed by atoms with Crippen LogP contribution in [0.4, 0.5) is 0 Å². The third-order valence-electron chi connectivity index (χ3n) is 2.84. The van der Waals surface area contributed by atoms with E-state index in [-0.39, 0.29) is 0 Å². The zero-order valence-corrected chi connectivity index (χ0v) is 10.2. The summed E-state index contributed by atoms with van der Waals surface area (Å²) in [6.07, 6.45) is 5.53. The van der Waals surface area contributed by atoms with Gasteiger partial charge >= 0.3 is 0 Å². The molecule has 1 aromatic rings. The molecule has 1 aromatic heterocycles. The number of nitrogens with zero attached hydrogens (tertiary/aromatic N) is 2. The quantitative estimate of drug-likeness (QED) is 0.747. The molecule has 0 radical (unpaired) electrons. The summed E-state index contributed by atoms with van der Waals surface area (Å²) in [6.45, 7) is 8.63. The lowest BCUT2D eigenvalue weighted by Gasteiger charge is -2.15. The Kier molecular flexibility index (Phi) is 5.40. The molecular weight excluding hydrogens is 186 g/mol. The van der Waals surface area contributed by atoms with E-state index in [1.165, 1.54) is 25.0 Å². The first-order chi connectivity index (χ1) is 7.27. The van der Waals surface area contributed by atoms with E-state index in [4.69, 9.17) is 0 Å². The van der Waals surface area contributed by atoms with Gasteiger partial charge in [-0.2, -0.15) is 5.10 Å². The highest BCUT2D eigenvalue weighted by Crippen LogP contribution is 2.05. The Bertz CT molecular complexity index is 268. The zero-order chi connectivity index (χ0) is 11.1. The molecule has 0 aliphatic rings. The SMILES string of the molecule is CCNC(CC)CCCn1nccc1C. The molecule has 0 bridgehead atoms. The minimum absolute atomic E-state index is 0.672. The first-order valence-corrected chi connectivity index (χ1v) is 5.99. The Morgan fingerprint density at radius 1 is 1.47 bits per heavy atom. The van der Waals surface area contributed by atoms with Gasteiger partial charge in [0, 0.05) is 24.5 Å². The first kappa shape index (κ1) is 12.2. The second-order valence-electron chi connectivity index (χ2n) is 4.00. The van der Waals surface area contributed by atoms with Gasteiger partial charge in [-0.15, -0.1) is 0 Å². The van der Waals surface area contributed by atoms with Gasteiger partial charge < -0.3 is 5.32 Å². The van der Waals surface area contributed by atoms with E-state index in [0.717, 1.165) is 13.1 Å². The Hall–Kier alpha value is -0.830. The van der Waals surface area contributed by atoms with Gasteiger partial charge in [-0.3, -0.25) is 4.68 Å². The molecule has 15 heavy (non-hydrogen) atoms. The molecule has 1 N–H and O–H groups in total. The number of aryl methyl sites for hydroxylation is 2. The lowest BCUT2D eigenvalue weighted by atomic mass is 10.1. The maximum Gasteiger partial charge on any atom is 0.0492 e. The number of hydrogen-bond acceptors (Lipinski definition) is 2. The summed E-state index contributed by atoms with van der Waals surface area (Å²) < 4.78 is 2.08. The lowest BCUT2D eigenvalue weighted by Crippen LogP contribution is -2.28. The molecule has 0 amide bonds. The Labute approximate surface area is 92.9 Å². The Balaban J connectivity index is 2.23. The normalized spacial score (nSPS) is 13.0. The summed E-state index contributed by atoms with van der Waals surface area (Å²) in [5.41, 5.74) is 1.26. The predicted octanol–water partition coefficient (Wildman–Crippen LogP) is 2.36. The molecule has 0 aromatic carbocycles. The average molecular weight is 209 g/mol. The molecule has 0 saturated heterocycles. The van der Waals surface area contributed by atoms with E-state index < -0.39 is 0 Å². The smallest absolute Gasteiger partial charge is 0.0492 e. The standard InChI is InChI=1S/C12H23N3/c1-4-12(13-5-2)7-6-10-15-11(3)8-9-14-15/h8-9,12-13H,4-7,10H2,1-3H3. The second-order valence-corrected chi connectivity index (χ2v) is 4.00. The zero-order valence-electron chi connectivity index (χ0n) is 10.2. The maximum atomic E-state index is 4.28. The van der Waals surface area contributed by atoms with Gasteiger partial charge in [0.1, 0.15) is 0 Å². The molecule has 1 unspecified atom stereocenters. The second kappa shape index (κ2) is 6.62. The molecule has 0 saturated carbocycles. The van der Waals surface area contributed by atoms with Crippen LogP contribution in [-0.4, -0.2) is 22.4 Å². The van der Waals surface area contributed by atoms with Gasteiger partial charge in [0.15, 0.2) is 0 Å². The minimum atomic E-state index is 0.672. The average Bonchev–Trinajstić information content (AvgIpc) is 2.63. The van der Waals surface area contributed by atoms with E-state index in [0.29, 0.717) is 6.04 Å². The van der Waals surface area contributed by atoms with Crippen LogP contribution in [0.5, 0.6) is 0 Å². The van der Waals surface area contributed by atoms with Gasteiger partial charge in [-0.05, 0) is 38.8 Å². The van der Waals surface area contributed by atoms with E-state index in [9.17, 15) is 0 Å². The molecule has 3 nitrogen and oxygen atoms in total. The summed E-state index contributed by atoms with van der Waals surface area (Å²) in [5.74, 6) is 0. The van der Waals surface area contributed by atoms with Crippen LogP contribution in [0.3, 0.4) is 0 Å². The minimum Gasteiger partial charge on any atom is -0.314 e. The molecule has 0 aliphatic carbocycles. The fourth-order valence-corrected chi connectivity index (χ4v) is 1.86. The number of nitrogens with one attached hydrogen (secondary N) is 1. The molecule has 1 heterocycles. The van der Waals surface area contributed by atoms with Crippen molar-refractivity contribution in [1.82, 2.24) is 15.1 Å². The Morgan fingerprint density at radius 2 is 2.27 bits per heavy atom. The van der Waals surface area contributed by atoms with Crippen molar-refractivity contribution in [3.05, 3.63) is 18.0 Å². The van der Waals surface area contributed by atoms with E-state index in [1.807, 2.05) is 6.20 Å². The van der Waals surface area contributed by atoms with E-state index in [1.54, 1.807) is 0 Å². The van der Waals surface area contributed by atoms with Crippen molar-refractivity contribution in [2.45, 2.75) is 52.6 Å². The van der Waals surface area contributed by atoms with Crippen LogP contribution < -0.4 is 5.32 Å². The highest BCUT2D eigenvalue weighted by molar-refractivity contribution is 4.96. The lowest BCUT2D eigenvalue weighted by molar-refractivity contribution is 0.437. The van der Waals surface area contributed by atoms with Crippen molar-refractivity contribution in [2.24, 2.45) is 0 Å². The summed E-state index contributed by atoms with van der Waals surface area (Å²) in [5, 5.41) is 7.78. The van der Waals surface area contributed by atoms with Crippen LogP contribution in [-0.2, 0) is 6.54 Å². The highest BCUT2D eigenvalue weighted by Gasteiger charge is 2.04. The largest absolute Gasteiger partial charge is 0.314 e. The van der Waals surface area contributed by atoms with Crippen LogP contribution in [0.15, 0.2) is 12.3 Å². The molecule has 1 rings (SSSR count). The van der Waals surface area contributed by atoms with Gasteiger partial charge in [-0.25, -0.2) is 0 Å². The van der Waals surface area contributed by atoms with Gasteiger partial charge in [0.05, 0.1) is 0 Å². The van der Waals surface area contributed by atoms with Gasteiger partial charge in [0.25, 0.3) is 0 Å².